The summed E-state index contributed by atoms with van der Waals surface area (Å²) < 4.78 is 43.0. The van der Waals surface area contributed by atoms with Gasteiger partial charge in [-0.2, -0.15) is 0 Å². The van der Waals surface area contributed by atoms with Crippen LogP contribution < -0.4 is 5.14 Å². The normalized spacial score (nSPS) is 16.9. The second kappa shape index (κ2) is 8.69. The van der Waals surface area contributed by atoms with Gasteiger partial charge in [-0.15, -0.1) is 0 Å². The summed E-state index contributed by atoms with van der Waals surface area (Å²) in [5, 5.41) is 5.19. The predicted octanol–water partition coefficient (Wildman–Crippen LogP) is 3.06. The summed E-state index contributed by atoms with van der Waals surface area (Å²) in [6, 6.07) is 10.1. The number of amides is 1. The molecule has 2 aromatic rings. The van der Waals surface area contributed by atoms with Crippen molar-refractivity contribution < 1.29 is 22.3 Å². The lowest BCUT2D eigenvalue weighted by Crippen LogP contribution is -2.37. The van der Waals surface area contributed by atoms with Gasteiger partial charge in [0.2, 0.25) is 10.0 Å². The average Bonchev–Trinajstić information content (AvgIpc) is 3.13. The summed E-state index contributed by atoms with van der Waals surface area (Å²) in [7, 11) is -3.95. The molecule has 1 saturated heterocycles. The van der Waals surface area contributed by atoms with Gasteiger partial charge >= 0.3 is 0 Å². The van der Waals surface area contributed by atoms with Crippen LogP contribution in [0.4, 0.5) is 4.39 Å². The molecule has 3 rings (SSSR count). The van der Waals surface area contributed by atoms with Crippen LogP contribution >= 0.6 is 15.9 Å². The second-order valence-electron chi connectivity index (χ2n) is 6.64. The SMILES string of the molecule is NS(=O)(=O)c1ccc(Br)c(C(=O)N(Cc2cccc(F)c2)CC2CCCO2)c1. The van der Waals surface area contributed by atoms with E-state index < -0.39 is 15.9 Å². The van der Waals surface area contributed by atoms with Crippen LogP contribution in [0.15, 0.2) is 51.8 Å². The highest BCUT2D eigenvalue weighted by molar-refractivity contribution is 9.10. The van der Waals surface area contributed by atoms with E-state index in [1.807, 2.05) is 0 Å². The van der Waals surface area contributed by atoms with Gasteiger partial charge < -0.3 is 9.64 Å². The Morgan fingerprint density at radius 1 is 1.29 bits per heavy atom. The number of sulfonamides is 1. The maximum atomic E-state index is 13.6. The van der Waals surface area contributed by atoms with E-state index in [2.05, 4.69) is 15.9 Å². The molecule has 1 amide bonds. The molecule has 0 saturated carbocycles. The van der Waals surface area contributed by atoms with Crippen LogP contribution in [-0.4, -0.2) is 38.5 Å². The first-order valence-corrected chi connectivity index (χ1v) is 11.1. The topological polar surface area (TPSA) is 89.7 Å². The number of rotatable bonds is 6. The Hall–Kier alpha value is -1.81. The van der Waals surface area contributed by atoms with Crippen LogP contribution in [-0.2, 0) is 21.3 Å². The molecular formula is C19H20BrFN2O4S. The van der Waals surface area contributed by atoms with Gasteiger partial charge in [-0.3, -0.25) is 4.79 Å². The molecule has 1 atom stereocenters. The lowest BCUT2D eigenvalue weighted by atomic mass is 10.1. The first-order valence-electron chi connectivity index (χ1n) is 8.72. The van der Waals surface area contributed by atoms with E-state index in [4.69, 9.17) is 9.88 Å². The van der Waals surface area contributed by atoms with E-state index in [1.165, 1.54) is 35.2 Å². The molecule has 1 aliphatic heterocycles. The summed E-state index contributed by atoms with van der Waals surface area (Å²) in [6.45, 7) is 1.13. The number of hydrogen-bond donors (Lipinski definition) is 1. The summed E-state index contributed by atoms with van der Waals surface area (Å²) >= 11 is 3.30. The molecule has 6 nitrogen and oxygen atoms in total. The third-order valence-corrected chi connectivity index (χ3v) is 6.10. The zero-order valence-corrected chi connectivity index (χ0v) is 17.4. The molecule has 150 valence electrons. The van der Waals surface area contributed by atoms with Crippen molar-refractivity contribution in [1.82, 2.24) is 4.90 Å². The lowest BCUT2D eigenvalue weighted by molar-refractivity contribution is 0.0506. The average molecular weight is 471 g/mol. The van der Waals surface area contributed by atoms with E-state index in [9.17, 15) is 17.6 Å². The molecule has 0 bridgehead atoms. The largest absolute Gasteiger partial charge is 0.376 e. The molecule has 2 N–H and O–H groups in total. The number of hydrogen-bond acceptors (Lipinski definition) is 4. The summed E-state index contributed by atoms with van der Waals surface area (Å²) in [5.41, 5.74) is 0.797. The van der Waals surface area contributed by atoms with Gasteiger partial charge in [0.25, 0.3) is 5.91 Å². The highest BCUT2D eigenvalue weighted by Crippen LogP contribution is 2.24. The van der Waals surface area contributed by atoms with E-state index in [0.29, 0.717) is 23.2 Å². The molecule has 28 heavy (non-hydrogen) atoms. The minimum absolute atomic E-state index is 0.113. The Morgan fingerprint density at radius 2 is 2.07 bits per heavy atom. The van der Waals surface area contributed by atoms with Crippen molar-refractivity contribution in [2.45, 2.75) is 30.4 Å². The molecule has 0 aliphatic carbocycles. The Morgan fingerprint density at radius 3 is 2.71 bits per heavy atom. The quantitative estimate of drug-likeness (QED) is 0.702. The number of ether oxygens (including phenoxy) is 1. The number of primary sulfonamides is 1. The lowest BCUT2D eigenvalue weighted by Gasteiger charge is -2.26. The molecule has 1 unspecified atom stereocenters. The van der Waals surface area contributed by atoms with Crippen LogP contribution in [0.1, 0.15) is 28.8 Å². The summed E-state index contributed by atoms with van der Waals surface area (Å²) in [6.07, 6.45) is 1.63. The maximum absolute atomic E-state index is 13.6. The number of nitrogens with two attached hydrogens (primary N) is 1. The van der Waals surface area contributed by atoms with Crippen molar-refractivity contribution in [3.63, 3.8) is 0 Å². The number of benzene rings is 2. The van der Waals surface area contributed by atoms with Gasteiger partial charge in [0.15, 0.2) is 0 Å². The number of carbonyl (C=O) groups excluding carboxylic acids is 1. The van der Waals surface area contributed by atoms with Crippen LogP contribution in [0.2, 0.25) is 0 Å². The zero-order chi connectivity index (χ0) is 20.3. The second-order valence-corrected chi connectivity index (χ2v) is 9.05. The van der Waals surface area contributed by atoms with E-state index in [0.717, 1.165) is 12.8 Å². The third-order valence-electron chi connectivity index (χ3n) is 4.49. The van der Waals surface area contributed by atoms with Gasteiger partial charge in [-0.1, -0.05) is 12.1 Å². The van der Waals surface area contributed by atoms with Crippen molar-refractivity contribution in [3.8, 4) is 0 Å². The standard InChI is InChI=1S/C19H20BrFN2O4S/c20-18-7-6-16(28(22,25)26)10-17(18)19(24)23(12-15-5-2-8-27-15)11-13-3-1-4-14(21)9-13/h1,3-4,6-7,9-10,15H,2,5,8,11-12H2,(H2,22,25,26). The smallest absolute Gasteiger partial charge is 0.255 e. The Balaban J connectivity index is 1.93. The Kier molecular flexibility index (Phi) is 6.49. The highest BCUT2D eigenvalue weighted by Gasteiger charge is 2.26. The van der Waals surface area contributed by atoms with Gasteiger partial charge in [0, 0.05) is 24.2 Å². The molecule has 0 spiro atoms. The highest BCUT2D eigenvalue weighted by atomic mass is 79.9. The number of halogens is 2. The summed E-state index contributed by atoms with van der Waals surface area (Å²) in [4.78, 5) is 14.6. The van der Waals surface area contributed by atoms with Gasteiger partial charge in [-0.05, 0) is 64.7 Å². The van der Waals surface area contributed by atoms with Gasteiger partial charge in [0.05, 0.1) is 16.6 Å². The monoisotopic (exact) mass is 470 g/mol. The van der Waals surface area contributed by atoms with Crippen molar-refractivity contribution in [2.75, 3.05) is 13.2 Å². The molecular weight excluding hydrogens is 451 g/mol. The molecule has 1 heterocycles. The van der Waals surface area contributed by atoms with E-state index in [-0.39, 0.29) is 28.9 Å². The molecule has 9 heteroatoms. The minimum Gasteiger partial charge on any atom is -0.376 e. The molecule has 1 fully saturated rings. The molecule has 2 aromatic carbocycles. The van der Waals surface area contributed by atoms with Crippen molar-refractivity contribution in [1.29, 1.82) is 0 Å². The maximum Gasteiger partial charge on any atom is 0.255 e. The van der Waals surface area contributed by atoms with Crippen molar-refractivity contribution in [2.24, 2.45) is 5.14 Å². The van der Waals surface area contributed by atoms with Crippen molar-refractivity contribution in [3.05, 3.63) is 63.9 Å². The number of carbonyl (C=O) groups is 1. The van der Waals surface area contributed by atoms with E-state index in [1.54, 1.807) is 12.1 Å². The Labute approximate surface area is 171 Å². The van der Waals surface area contributed by atoms with Crippen LogP contribution in [0.25, 0.3) is 0 Å². The van der Waals surface area contributed by atoms with Crippen LogP contribution in [0.5, 0.6) is 0 Å². The fraction of sp³-hybridized carbons (Fsp3) is 0.316. The third kappa shape index (κ3) is 5.16. The van der Waals surface area contributed by atoms with Gasteiger partial charge in [-0.25, -0.2) is 17.9 Å². The Bertz CT molecular complexity index is 978. The first-order chi connectivity index (χ1) is 13.2. The van der Waals surface area contributed by atoms with Crippen LogP contribution in [0, 0.1) is 5.82 Å². The number of nitrogens with zero attached hydrogens (tertiary/aromatic N) is 1. The minimum atomic E-state index is -3.95. The zero-order valence-electron chi connectivity index (χ0n) is 15.0. The summed E-state index contributed by atoms with van der Waals surface area (Å²) in [5.74, 6) is -0.781. The van der Waals surface area contributed by atoms with Crippen LogP contribution in [0.3, 0.4) is 0 Å². The fourth-order valence-electron chi connectivity index (χ4n) is 3.12. The fourth-order valence-corrected chi connectivity index (χ4v) is 4.08. The van der Waals surface area contributed by atoms with Crippen molar-refractivity contribution >= 4 is 31.9 Å². The molecule has 1 aliphatic rings. The molecule has 0 aromatic heterocycles. The van der Waals surface area contributed by atoms with Gasteiger partial charge in [0.1, 0.15) is 5.82 Å². The first kappa shape index (κ1) is 20.9. The predicted molar refractivity (Wildman–Crippen MR) is 106 cm³/mol. The van der Waals surface area contributed by atoms with E-state index >= 15 is 0 Å². The molecule has 0 radical (unpaired) electrons.